The molecule has 3 heterocycles. The van der Waals surface area contributed by atoms with Crippen LogP contribution in [0.15, 0.2) is 53.5 Å². The maximum atomic E-state index is 12.9. The number of nitrogens with zero attached hydrogens (tertiary/aromatic N) is 5. The Kier molecular flexibility index (Phi) is 6.75. The molecule has 9 nitrogen and oxygen atoms in total. The number of carbonyl (C=O) groups excluding carboxylic acids is 1. The number of pyridine rings is 1. The van der Waals surface area contributed by atoms with Crippen LogP contribution in [0.5, 0.6) is 0 Å². The van der Waals surface area contributed by atoms with Gasteiger partial charge in [-0.1, -0.05) is 25.1 Å². The van der Waals surface area contributed by atoms with E-state index < -0.39 is 0 Å². The van der Waals surface area contributed by atoms with Crippen molar-refractivity contribution in [2.45, 2.75) is 13.5 Å². The van der Waals surface area contributed by atoms with Gasteiger partial charge in [0, 0.05) is 51.4 Å². The topological polar surface area (TPSA) is 84.6 Å². The zero-order valence-electron chi connectivity index (χ0n) is 21.0. The van der Waals surface area contributed by atoms with Crippen molar-refractivity contribution >= 4 is 33.7 Å². The highest BCUT2D eigenvalue weighted by Crippen LogP contribution is 2.29. The first-order valence-electron chi connectivity index (χ1n) is 12.4. The molecular formula is C27H32N6O3. The molecular weight excluding hydrogens is 456 g/mol. The van der Waals surface area contributed by atoms with E-state index in [1.807, 2.05) is 41.3 Å². The van der Waals surface area contributed by atoms with Crippen LogP contribution in [0.2, 0.25) is 0 Å². The monoisotopic (exact) mass is 488 g/mol. The lowest BCUT2D eigenvalue weighted by Crippen LogP contribution is -2.49. The lowest BCUT2D eigenvalue weighted by Gasteiger charge is -2.34. The van der Waals surface area contributed by atoms with Gasteiger partial charge in [0.1, 0.15) is 0 Å². The molecule has 5 rings (SSSR count). The molecule has 1 N–H and O–H groups in total. The zero-order chi connectivity index (χ0) is 25.2. The first-order chi connectivity index (χ1) is 17.5. The number of imidazole rings is 1. The Bertz CT molecular complexity index is 1450. The van der Waals surface area contributed by atoms with Gasteiger partial charge < -0.3 is 19.9 Å². The van der Waals surface area contributed by atoms with Crippen LogP contribution < -0.4 is 11.0 Å². The van der Waals surface area contributed by atoms with Crippen LogP contribution in [0, 0.1) is 0 Å². The van der Waals surface area contributed by atoms with Crippen LogP contribution in [-0.4, -0.2) is 76.4 Å². The molecule has 2 aromatic carbocycles. The summed E-state index contributed by atoms with van der Waals surface area (Å²) in [5.41, 5.74) is 5.19. The number of urea groups is 1. The summed E-state index contributed by atoms with van der Waals surface area (Å²) in [5.74, 6) is 0. The van der Waals surface area contributed by atoms with Gasteiger partial charge in [-0.3, -0.25) is 14.1 Å². The number of fused-ring (bicyclic) bond motifs is 3. The molecule has 0 saturated carbocycles. The number of ether oxygens (including phenoxy) is 1. The number of anilines is 1. The fourth-order valence-corrected chi connectivity index (χ4v) is 4.86. The Morgan fingerprint density at radius 2 is 1.78 bits per heavy atom. The van der Waals surface area contributed by atoms with Gasteiger partial charge in [-0.25, -0.2) is 9.59 Å². The van der Waals surface area contributed by atoms with E-state index in [0.717, 1.165) is 71.5 Å². The van der Waals surface area contributed by atoms with Gasteiger partial charge in [-0.15, -0.1) is 0 Å². The second-order valence-corrected chi connectivity index (χ2v) is 9.14. The fraction of sp³-hybridized carbons (Fsp3) is 0.370. The number of hydrogen-bond acceptors (Lipinski definition) is 5. The number of amides is 2. The van der Waals surface area contributed by atoms with Gasteiger partial charge in [0.05, 0.1) is 35.9 Å². The summed E-state index contributed by atoms with van der Waals surface area (Å²) >= 11 is 0. The van der Waals surface area contributed by atoms with Gasteiger partial charge >= 0.3 is 11.7 Å². The molecule has 1 fully saturated rings. The van der Waals surface area contributed by atoms with E-state index in [0.29, 0.717) is 13.2 Å². The van der Waals surface area contributed by atoms with Crippen molar-refractivity contribution < 1.29 is 9.53 Å². The lowest BCUT2D eigenvalue weighted by atomic mass is 10.0. The Labute approximate surface area is 209 Å². The van der Waals surface area contributed by atoms with E-state index in [1.54, 1.807) is 29.5 Å². The summed E-state index contributed by atoms with van der Waals surface area (Å²) in [6.07, 6.45) is 1.75. The van der Waals surface area contributed by atoms with Crippen LogP contribution in [0.1, 0.15) is 6.92 Å². The van der Waals surface area contributed by atoms with Crippen molar-refractivity contribution in [1.82, 2.24) is 23.9 Å². The number of aryl methyl sites for hydroxylation is 1. The van der Waals surface area contributed by atoms with Gasteiger partial charge in [0.15, 0.2) is 0 Å². The molecule has 188 valence electrons. The molecule has 0 atom stereocenters. The van der Waals surface area contributed by atoms with Crippen LogP contribution in [-0.2, 0) is 18.3 Å². The summed E-state index contributed by atoms with van der Waals surface area (Å²) in [6.45, 7) is 7.39. The summed E-state index contributed by atoms with van der Waals surface area (Å²) in [7, 11) is 3.40. The van der Waals surface area contributed by atoms with Crippen LogP contribution in [0.4, 0.5) is 10.5 Å². The van der Waals surface area contributed by atoms with Gasteiger partial charge in [0.2, 0.25) is 0 Å². The van der Waals surface area contributed by atoms with E-state index in [1.165, 1.54) is 0 Å². The summed E-state index contributed by atoms with van der Waals surface area (Å²) in [6, 6.07) is 13.9. The third-order valence-electron chi connectivity index (χ3n) is 7.06. The Morgan fingerprint density at radius 3 is 2.47 bits per heavy atom. The third kappa shape index (κ3) is 4.47. The summed E-state index contributed by atoms with van der Waals surface area (Å²) in [4.78, 5) is 34.3. The first kappa shape index (κ1) is 24.0. The first-order valence-corrected chi connectivity index (χ1v) is 12.4. The second-order valence-electron chi connectivity index (χ2n) is 9.14. The molecule has 0 spiro atoms. The average Bonchev–Trinajstić information content (AvgIpc) is 3.17. The Hall–Kier alpha value is -3.69. The second kappa shape index (κ2) is 10.1. The number of nitrogens with one attached hydrogen (secondary N) is 1. The van der Waals surface area contributed by atoms with E-state index in [-0.39, 0.29) is 11.7 Å². The minimum atomic E-state index is -0.0852. The molecule has 0 bridgehead atoms. The number of methoxy groups -OCH3 is 1. The molecule has 2 aromatic heterocycles. The smallest absolute Gasteiger partial charge is 0.328 e. The molecule has 0 aliphatic carbocycles. The number of aromatic nitrogens is 3. The number of piperazine rings is 1. The van der Waals surface area contributed by atoms with Gasteiger partial charge in [-0.05, 0) is 41.9 Å². The third-order valence-corrected chi connectivity index (χ3v) is 7.06. The highest BCUT2D eigenvalue weighted by molar-refractivity contribution is 6.04. The normalized spacial score (nSPS) is 14.6. The maximum absolute atomic E-state index is 12.9. The number of benzene rings is 2. The molecule has 1 aliphatic rings. The quantitative estimate of drug-likeness (QED) is 0.450. The number of hydrogen-bond donors (Lipinski definition) is 1. The highest BCUT2D eigenvalue weighted by Gasteiger charge is 2.20. The van der Waals surface area contributed by atoms with Gasteiger partial charge in [0.25, 0.3) is 0 Å². The van der Waals surface area contributed by atoms with Crippen molar-refractivity contribution in [2.24, 2.45) is 7.05 Å². The van der Waals surface area contributed by atoms with Crippen molar-refractivity contribution in [2.75, 3.05) is 51.8 Å². The summed E-state index contributed by atoms with van der Waals surface area (Å²) < 4.78 is 8.62. The van der Waals surface area contributed by atoms with E-state index in [4.69, 9.17) is 4.74 Å². The molecule has 0 unspecified atom stereocenters. The maximum Gasteiger partial charge on any atom is 0.328 e. The van der Waals surface area contributed by atoms with E-state index in [2.05, 4.69) is 28.2 Å². The molecule has 0 radical (unpaired) electrons. The van der Waals surface area contributed by atoms with Crippen molar-refractivity contribution in [3.8, 4) is 11.1 Å². The number of rotatable bonds is 6. The average molecular weight is 489 g/mol. The predicted octanol–water partition coefficient (Wildman–Crippen LogP) is 3.37. The fourth-order valence-electron chi connectivity index (χ4n) is 4.86. The van der Waals surface area contributed by atoms with Crippen LogP contribution >= 0.6 is 0 Å². The predicted molar refractivity (Wildman–Crippen MR) is 142 cm³/mol. The lowest BCUT2D eigenvalue weighted by molar-refractivity contribution is 0.151. The SMILES string of the molecule is CCN1CCN(C(=O)Nc2ccc(-c3ccc4ncc5c(c4c3)n(CCOC)c(=O)n5C)cc2)CC1. The Balaban J connectivity index is 1.41. The van der Waals surface area contributed by atoms with Crippen molar-refractivity contribution in [1.29, 1.82) is 0 Å². The van der Waals surface area contributed by atoms with E-state index in [9.17, 15) is 9.59 Å². The molecule has 1 aliphatic heterocycles. The number of carbonyl (C=O) groups is 1. The molecule has 36 heavy (non-hydrogen) atoms. The molecule has 4 aromatic rings. The largest absolute Gasteiger partial charge is 0.383 e. The zero-order valence-corrected chi connectivity index (χ0v) is 21.0. The van der Waals surface area contributed by atoms with Crippen LogP contribution in [0.25, 0.3) is 33.1 Å². The van der Waals surface area contributed by atoms with Gasteiger partial charge in [-0.2, -0.15) is 0 Å². The van der Waals surface area contributed by atoms with Crippen molar-refractivity contribution in [3.63, 3.8) is 0 Å². The molecule has 9 heteroatoms. The number of likely N-dealkylation sites (N-methyl/N-ethyl adjacent to an activating group) is 1. The highest BCUT2D eigenvalue weighted by atomic mass is 16.5. The standard InChI is InChI=1S/C27H32N6O3/c1-4-31-11-13-32(14-12-31)26(34)29-21-8-5-19(6-9-21)20-7-10-23-22(17-20)25-24(18-28-23)30(2)27(35)33(25)15-16-36-3/h5-10,17-18H,4,11-16H2,1-3H3,(H,29,34). The minimum absolute atomic E-state index is 0.0595. The summed E-state index contributed by atoms with van der Waals surface area (Å²) in [5, 5.41) is 3.94. The van der Waals surface area contributed by atoms with Crippen LogP contribution in [0.3, 0.4) is 0 Å². The van der Waals surface area contributed by atoms with E-state index >= 15 is 0 Å². The Morgan fingerprint density at radius 1 is 1.06 bits per heavy atom. The minimum Gasteiger partial charge on any atom is -0.383 e. The molecule has 2 amide bonds. The molecule has 1 saturated heterocycles. The van der Waals surface area contributed by atoms with Crippen molar-refractivity contribution in [3.05, 3.63) is 59.1 Å².